The van der Waals surface area contributed by atoms with Crippen LogP contribution in [0.3, 0.4) is 0 Å². The molecule has 2 atom stereocenters. The Labute approximate surface area is 222 Å². The Kier molecular flexibility index (Phi) is 7.58. The second kappa shape index (κ2) is 11.2. The number of aromatic nitrogens is 1. The predicted octanol–water partition coefficient (Wildman–Crippen LogP) is 5.50. The zero-order valence-electron chi connectivity index (χ0n) is 22.0. The predicted molar refractivity (Wildman–Crippen MR) is 150 cm³/mol. The average Bonchev–Trinajstić information content (AvgIpc) is 2.93. The van der Waals surface area contributed by atoms with Crippen molar-refractivity contribution >= 4 is 27.6 Å². The number of aromatic hydroxyl groups is 1. The molecule has 2 N–H and O–H groups in total. The van der Waals surface area contributed by atoms with Gasteiger partial charge >= 0.3 is 0 Å². The van der Waals surface area contributed by atoms with E-state index >= 15 is 0 Å². The number of phenolic OH excluding ortho intramolecular Hbond substituents is 1. The first kappa shape index (κ1) is 25.7. The highest BCUT2D eigenvalue weighted by Crippen LogP contribution is 2.32. The topological polar surface area (TPSA) is 91.3 Å². The average molecular weight is 512 g/mol. The molecule has 7 heteroatoms. The fraction of sp³-hybridized carbons (Fsp3) is 0.290. The van der Waals surface area contributed by atoms with Gasteiger partial charge in [0.1, 0.15) is 23.0 Å². The number of hydrogen-bond donors (Lipinski definition) is 2. The summed E-state index contributed by atoms with van der Waals surface area (Å²) in [4.78, 5) is 12.2. The van der Waals surface area contributed by atoms with Crippen molar-refractivity contribution in [3.05, 3.63) is 83.7 Å². The first-order chi connectivity index (χ1) is 18.5. The molecular weight excluding hydrogens is 478 g/mol. The van der Waals surface area contributed by atoms with E-state index in [1.54, 1.807) is 12.1 Å². The molecule has 196 valence electrons. The van der Waals surface area contributed by atoms with Gasteiger partial charge in [-0.2, -0.15) is 0 Å². The van der Waals surface area contributed by atoms with Crippen molar-refractivity contribution in [3.8, 4) is 17.2 Å². The molecule has 0 saturated heterocycles. The molecule has 0 bridgehead atoms. The molecule has 3 aromatic rings. The van der Waals surface area contributed by atoms with Gasteiger partial charge in [-0.15, -0.1) is 0 Å². The number of rotatable bonds is 9. The Morgan fingerprint density at radius 3 is 2.39 bits per heavy atom. The molecule has 0 aromatic heterocycles. The van der Waals surface area contributed by atoms with E-state index < -0.39 is 12.3 Å². The fourth-order valence-corrected chi connectivity index (χ4v) is 4.86. The van der Waals surface area contributed by atoms with Crippen LogP contribution in [-0.2, 0) is 11.2 Å². The fourth-order valence-electron chi connectivity index (χ4n) is 4.86. The number of phenols is 1. The van der Waals surface area contributed by atoms with E-state index in [0.717, 1.165) is 46.3 Å². The van der Waals surface area contributed by atoms with Crippen LogP contribution >= 0.6 is 0 Å². The summed E-state index contributed by atoms with van der Waals surface area (Å²) in [5.74, 6) is 0.819. The van der Waals surface area contributed by atoms with Crippen molar-refractivity contribution in [2.75, 3.05) is 24.6 Å². The van der Waals surface area contributed by atoms with E-state index in [4.69, 9.17) is 19.1 Å². The summed E-state index contributed by atoms with van der Waals surface area (Å²) >= 11 is 0. The van der Waals surface area contributed by atoms with Gasteiger partial charge in [-0.1, -0.05) is 36.4 Å². The van der Waals surface area contributed by atoms with Gasteiger partial charge in [0.2, 0.25) is 0 Å². The van der Waals surface area contributed by atoms with E-state index in [0.29, 0.717) is 29.7 Å². The molecule has 0 saturated carbocycles. The van der Waals surface area contributed by atoms with Gasteiger partial charge in [-0.25, -0.2) is 4.98 Å². The van der Waals surface area contributed by atoms with Crippen LogP contribution in [0.4, 0.5) is 5.69 Å². The Hall–Kier alpha value is -3.94. The number of nitrogens with zero attached hydrogens (tertiary/aromatic N) is 3. The summed E-state index contributed by atoms with van der Waals surface area (Å²) in [6.07, 6.45) is -0.653. The number of hydrogen-bond acceptors (Lipinski definition) is 7. The van der Waals surface area contributed by atoms with Gasteiger partial charge in [-0.05, 0) is 57.0 Å². The first-order valence-electron chi connectivity index (χ1n) is 13.1. The van der Waals surface area contributed by atoms with E-state index in [-0.39, 0.29) is 5.75 Å². The van der Waals surface area contributed by atoms with Gasteiger partial charge in [0, 0.05) is 48.3 Å². The number of anilines is 1. The van der Waals surface area contributed by atoms with Crippen LogP contribution in [0.15, 0.2) is 82.2 Å². The molecule has 38 heavy (non-hydrogen) atoms. The molecule has 1 heterocycles. The number of aliphatic hydroxyl groups excluding tert-OH is 1. The summed E-state index contributed by atoms with van der Waals surface area (Å²) in [5.41, 5.74) is 4.29. The van der Waals surface area contributed by atoms with Crippen LogP contribution in [0, 0.1) is 0 Å². The molecule has 5 rings (SSSR count). The van der Waals surface area contributed by atoms with Gasteiger partial charge < -0.3 is 24.3 Å². The van der Waals surface area contributed by atoms with E-state index in [2.05, 4.69) is 24.8 Å². The van der Waals surface area contributed by atoms with Crippen molar-refractivity contribution in [1.82, 2.24) is 4.98 Å². The molecule has 2 unspecified atom stereocenters. The lowest BCUT2D eigenvalue weighted by molar-refractivity contribution is -0.108. The highest BCUT2D eigenvalue weighted by molar-refractivity contribution is 5.96. The van der Waals surface area contributed by atoms with Crippen LogP contribution in [-0.4, -0.2) is 47.2 Å². The van der Waals surface area contributed by atoms with Crippen LogP contribution in [0.2, 0.25) is 0 Å². The smallest absolute Gasteiger partial charge is 0.177 e. The lowest BCUT2D eigenvalue weighted by Crippen LogP contribution is -2.31. The van der Waals surface area contributed by atoms with Crippen LogP contribution in [0.1, 0.15) is 26.3 Å². The van der Waals surface area contributed by atoms with Gasteiger partial charge in [-0.3, -0.25) is 4.99 Å². The zero-order chi connectivity index (χ0) is 26.6. The molecule has 3 aromatic carbocycles. The maximum Gasteiger partial charge on any atom is 0.177 e. The molecule has 1 aliphatic carbocycles. The maximum absolute atomic E-state index is 10.8. The Balaban J connectivity index is 1.69. The van der Waals surface area contributed by atoms with E-state index in [9.17, 15) is 10.2 Å². The van der Waals surface area contributed by atoms with Gasteiger partial charge in [0.25, 0.3) is 0 Å². The third-order valence-corrected chi connectivity index (χ3v) is 6.84. The van der Waals surface area contributed by atoms with Gasteiger partial charge in [0.15, 0.2) is 17.6 Å². The quantitative estimate of drug-likeness (QED) is 0.154. The van der Waals surface area contributed by atoms with Crippen molar-refractivity contribution in [1.29, 1.82) is 0 Å². The highest BCUT2D eigenvalue weighted by atomic mass is 16.6. The molecule has 0 amide bonds. The number of aliphatic hydroxyl groups is 1. The summed E-state index contributed by atoms with van der Waals surface area (Å²) < 4.78 is 12.0. The van der Waals surface area contributed by atoms with Crippen molar-refractivity contribution in [2.45, 2.75) is 39.5 Å². The molecule has 0 fully saturated rings. The standard InChI is InChI=1S/C31H33N3O4/c1-4-34(5-2)21-13-16-25-28(18-21)38-29-19-26(23-9-7-8-10-24(23)30(29)33-25)32-27(31(36)37-6-3)17-20-11-14-22(35)15-12-20/h7-16,18-19,27,31,35-36H,4-6,17H2,1-3H3. The number of benzene rings is 4. The van der Waals surface area contributed by atoms with Gasteiger partial charge in [0.05, 0.1) is 5.36 Å². The SMILES string of the molecule is CCOC(O)C(Cc1ccc(O)cc1)N=c1cc2oc3cc(N(CC)CC)ccc3nc-2c2ccccc12. The third kappa shape index (κ3) is 5.21. The molecule has 1 aliphatic heterocycles. The molecular formula is C31H33N3O4. The Morgan fingerprint density at radius 1 is 0.947 bits per heavy atom. The largest absolute Gasteiger partial charge is 0.508 e. The minimum atomic E-state index is -1.09. The zero-order valence-corrected chi connectivity index (χ0v) is 22.0. The summed E-state index contributed by atoms with van der Waals surface area (Å²) in [6.45, 7) is 8.28. The number of ether oxygens (including phenoxy) is 1. The summed E-state index contributed by atoms with van der Waals surface area (Å²) in [7, 11) is 0. The van der Waals surface area contributed by atoms with Crippen molar-refractivity contribution < 1.29 is 19.4 Å². The van der Waals surface area contributed by atoms with Crippen LogP contribution < -0.4 is 10.3 Å². The Bertz CT molecular complexity index is 1570. The highest BCUT2D eigenvalue weighted by Gasteiger charge is 2.21. The first-order valence-corrected chi connectivity index (χ1v) is 13.1. The van der Waals surface area contributed by atoms with E-state index in [1.165, 1.54) is 0 Å². The second-order valence-electron chi connectivity index (χ2n) is 9.24. The monoisotopic (exact) mass is 511 g/mol. The second-order valence-corrected chi connectivity index (χ2v) is 9.24. The molecule has 7 nitrogen and oxygen atoms in total. The molecule has 0 spiro atoms. The van der Waals surface area contributed by atoms with Crippen molar-refractivity contribution in [3.63, 3.8) is 0 Å². The van der Waals surface area contributed by atoms with Crippen LogP contribution in [0.25, 0.3) is 33.3 Å². The minimum Gasteiger partial charge on any atom is -0.508 e. The lowest BCUT2D eigenvalue weighted by Gasteiger charge is -2.21. The molecule has 0 radical (unpaired) electrons. The minimum absolute atomic E-state index is 0.193. The normalized spacial score (nSPS) is 13.8. The van der Waals surface area contributed by atoms with Crippen molar-refractivity contribution in [2.24, 2.45) is 4.99 Å². The lowest BCUT2D eigenvalue weighted by atomic mass is 10.0. The summed E-state index contributed by atoms with van der Waals surface area (Å²) in [6, 6.07) is 22.3. The maximum atomic E-state index is 10.8. The third-order valence-electron chi connectivity index (χ3n) is 6.84. The van der Waals surface area contributed by atoms with Crippen LogP contribution in [0.5, 0.6) is 5.75 Å². The summed E-state index contributed by atoms with van der Waals surface area (Å²) in [5, 5.41) is 23.0. The van der Waals surface area contributed by atoms with E-state index in [1.807, 2.05) is 61.5 Å². The molecule has 2 aliphatic rings. The Morgan fingerprint density at radius 2 is 1.68 bits per heavy atom. The number of fused-ring (bicyclic) bond motifs is 4.